The second-order valence-electron chi connectivity index (χ2n) is 5.23. The number of hydrogen-bond acceptors (Lipinski definition) is 6. The molecule has 0 N–H and O–H groups in total. The molecule has 0 spiro atoms. The van der Waals surface area contributed by atoms with Crippen molar-refractivity contribution in [1.29, 1.82) is 0 Å². The Labute approximate surface area is 127 Å². The van der Waals surface area contributed by atoms with Gasteiger partial charge in [-0.05, 0) is 13.3 Å². The first-order valence-electron chi connectivity index (χ1n) is 7.04. The van der Waals surface area contributed by atoms with Crippen LogP contribution in [-0.2, 0) is 6.54 Å². The molecule has 7 heteroatoms. The normalized spacial score (nSPS) is 16.9. The van der Waals surface area contributed by atoms with Gasteiger partial charge in [-0.1, -0.05) is 5.16 Å². The molecule has 0 radical (unpaired) electrons. The minimum Gasteiger partial charge on any atom is -0.351 e. The molecule has 1 aliphatic rings. The number of carbonyl (C=O) groups is 1. The summed E-state index contributed by atoms with van der Waals surface area (Å²) in [6.45, 7) is 5.98. The van der Waals surface area contributed by atoms with Crippen molar-refractivity contribution in [1.82, 2.24) is 19.9 Å². The summed E-state index contributed by atoms with van der Waals surface area (Å²) in [5, 5.41) is 5.86. The van der Waals surface area contributed by atoms with Gasteiger partial charge in [0.1, 0.15) is 0 Å². The zero-order valence-corrected chi connectivity index (χ0v) is 12.8. The van der Waals surface area contributed by atoms with Crippen molar-refractivity contribution in [2.45, 2.75) is 19.9 Å². The van der Waals surface area contributed by atoms with Gasteiger partial charge in [-0.15, -0.1) is 11.3 Å². The predicted molar refractivity (Wildman–Crippen MR) is 79.2 cm³/mol. The van der Waals surface area contributed by atoms with Crippen LogP contribution in [0.5, 0.6) is 0 Å². The van der Waals surface area contributed by atoms with Gasteiger partial charge in [0.05, 0.1) is 16.9 Å². The van der Waals surface area contributed by atoms with Crippen LogP contribution in [0.15, 0.2) is 21.5 Å². The molecule has 6 nitrogen and oxygen atoms in total. The first-order chi connectivity index (χ1) is 10.2. The van der Waals surface area contributed by atoms with Gasteiger partial charge in [-0.25, -0.2) is 4.98 Å². The fourth-order valence-corrected chi connectivity index (χ4v) is 3.05. The SMILES string of the molecule is Cc1cc(C(=O)N2CCCN(Cc3cscn3)CC2)on1. The van der Waals surface area contributed by atoms with E-state index in [2.05, 4.69) is 20.4 Å². The fraction of sp³-hybridized carbons (Fsp3) is 0.500. The number of rotatable bonds is 3. The highest BCUT2D eigenvalue weighted by Gasteiger charge is 2.23. The highest BCUT2D eigenvalue weighted by Crippen LogP contribution is 2.12. The van der Waals surface area contributed by atoms with Crippen molar-refractivity contribution >= 4 is 17.2 Å². The number of nitrogens with zero attached hydrogens (tertiary/aromatic N) is 4. The first-order valence-corrected chi connectivity index (χ1v) is 7.98. The molecule has 2 aromatic rings. The molecule has 0 saturated carbocycles. The minimum atomic E-state index is -0.0638. The molecular formula is C14H18N4O2S. The molecule has 0 aliphatic carbocycles. The smallest absolute Gasteiger partial charge is 0.292 e. The van der Waals surface area contributed by atoms with Gasteiger partial charge in [0, 0.05) is 44.2 Å². The van der Waals surface area contributed by atoms with Crippen LogP contribution in [0, 0.1) is 6.92 Å². The molecule has 1 aliphatic heterocycles. The monoisotopic (exact) mass is 306 g/mol. The average Bonchev–Trinajstić information content (AvgIpc) is 3.07. The first kappa shape index (κ1) is 14.2. The summed E-state index contributed by atoms with van der Waals surface area (Å²) in [5.41, 5.74) is 3.69. The van der Waals surface area contributed by atoms with Crippen LogP contribution in [-0.4, -0.2) is 52.0 Å². The molecule has 2 aromatic heterocycles. The Morgan fingerprint density at radius 3 is 3.00 bits per heavy atom. The lowest BCUT2D eigenvalue weighted by molar-refractivity contribution is 0.0719. The van der Waals surface area contributed by atoms with Gasteiger partial charge >= 0.3 is 0 Å². The summed E-state index contributed by atoms with van der Waals surface area (Å²) in [6, 6.07) is 1.69. The lowest BCUT2D eigenvalue weighted by atomic mass is 10.3. The standard InChI is InChI=1S/C14H18N4O2S/c1-11-7-13(20-16-11)14(19)18-4-2-3-17(5-6-18)8-12-9-21-10-15-12/h7,9-10H,2-6,8H2,1H3. The van der Waals surface area contributed by atoms with Gasteiger partial charge < -0.3 is 9.42 Å². The number of aryl methyl sites for hydroxylation is 1. The summed E-state index contributed by atoms with van der Waals surface area (Å²) in [7, 11) is 0. The van der Waals surface area contributed by atoms with Crippen molar-refractivity contribution in [2.24, 2.45) is 0 Å². The molecule has 0 unspecified atom stereocenters. The summed E-state index contributed by atoms with van der Waals surface area (Å²) in [6.07, 6.45) is 0.961. The quantitative estimate of drug-likeness (QED) is 0.865. The van der Waals surface area contributed by atoms with E-state index in [4.69, 9.17) is 4.52 Å². The second-order valence-corrected chi connectivity index (χ2v) is 5.95. The maximum absolute atomic E-state index is 12.4. The van der Waals surface area contributed by atoms with Crippen LogP contribution in [0.1, 0.15) is 28.4 Å². The van der Waals surface area contributed by atoms with Crippen LogP contribution in [0.4, 0.5) is 0 Å². The molecule has 1 fully saturated rings. The summed E-state index contributed by atoms with van der Waals surface area (Å²) in [4.78, 5) is 20.9. The van der Waals surface area contributed by atoms with Crippen molar-refractivity contribution < 1.29 is 9.32 Å². The molecule has 1 saturated heterocycles. The summed E-state index contributed by atoms with van der Waals surface area (Å²) < 4.78 is 5.07. The van der Waals surface area contributed by atoms with Gasteiger partial charge in [0.15, 0.2) is 0 Å². The number of hydrogen-bond donors (Lipinski definition) is 0. The molecule has 0 aromatic carbocycles. The molecule has 112 valence electrons. The Balaban J connectivity index is 1.59. The Hall–Kier alpha value is -1.73. The zero-order valence-electron chi connectivity index (χ0n) is 12.0. The van der Waals surface area contributed by atoms with Gasteiger partial charge in [0.25, 0.3) is 5.91 Å². The molecule has 0 atom stereocenters. The van der Waals surface area contributed by atoms with Crippen LogP contribution in [0.25, 0.3) is 0 Å². The lowest BCUT2D eigenvalue weighted by Gasteiger charge is -2.20. The van der Waals surface area contributed by atoms with Gasteiger partial charge in [-0.3, -0.25) is 9.69 Å². The Bertz CT molecular complexity index is 596. The average molecular weight is 306 g/mol. The third-order valence-corrected chi connectivity index (χ3v) is 4.22. The number of carbonyl (C=O) groups excluding carboxylic acids is 1. The van der Waals surface area contributed by atoms with Crippen molar-refractivity contribution in [3.63, 3.8) is 0 Å². The van der Waals surface area contributed by atoms with Crippen LogP contribution < -0.4 is 0 Å². The maximum Gasteiger partial charge on any atom is 0.292 e. The van der Waals surface area contributed by atoms with Gasteiger partial charge in [-0.2, -0.15) is 0 Å². The topological polar surface area (TPSA) is 62.5 Å². The Kier molecular flexibility index (Phi) is 4.31. The third kappa shape index (κ3) is 3.48. The third-order valence-electron chi connectivity index (χ3n) is 3.58. The van der Waals surface area contributed by atoms with E-state index in [1.807, 2.05) is 17.3 Å². The Morgan fingerprint density at radius 1 is 1.38 bits per heavy atom. The summed E-state index contributed by atoms with van der Waals surface area (Å²) in [5.74, 6) is 0.270. The minimum absolute atomic E-state index is 0.0638. The zero-order chi connectivity index (χ0) is 14.7. The Morgan fingerprint density at radius 2 is 2.29 bits per heavy atom. The molecule has 1 amide bonds. The van der Waals surface area contributed by atoms with E-state index in [9.17, 15) is 4.79 Å². The maximum atomic E-state index is 12.4. The predicted octanol–water partition coefficient (Wildman–Crippen LogP) is 1.79. The largest absolute Gasteiger partial charge is 0.351 e. The van der Waals surface area contributed by atoms with Crippen molar-refractivity contribution in [2.75, 3.05) is 26.2 Å². The van der Waals surface area contributed by atoms with E-state index >= 15 is 0 Å². The van der Waals surface area contributed by atoms with Crippen LogP contribution in [0.2, 0.25) is 0 Å². The van der Waals surface area contributed by atoms with E-state index in [0.29, 0.717) is 12.3 Å². The lowest BCUT2D eigenvalue weighted by Crippen LogP contribution is -2.35. The van der Waals surface area contributed by atoms with Crippen molar-refractivity contribution in [3.8, 4) is 0 Å². The van der Waals surface area contributed by atoms with Crippen LogP contribution in [0.3, 0.4) is 0 Å². The molecule has 3 heterocycles. The van der Waals surface area contributed by atoms with Crippen molar-refractivity contribution in [3.05, 3.63) is 34.1 Å². The molecule has 3 rings (SSSR count). The van der Waals surface area contributed by atoms with E-state index in [0.717, 1.165) is 44.0 Å². The van der Waals surface area contributed by atoms with E-state index in [-0.39, 0.29) is 5.91 Å². The number of thiazole rings is 1. The molecule has 21 heavy (non-hydrogen) atoms. The molecule has 0 bridgehead atoms. The molecular weight excluding hydrogens is 288 g/mol. The number of aromatic nitrogens is 2. The second kappa shape index (κ2) is 6.36. The van der Waals surface area contributed by atoms with E-state index < -0.39 is 0 Å². The van der Waals surface area contributed by atoms with E-state index in [1.165, 1.54) is 0 Å². The van der Waals surface area contributed by atoms with E-state index in [1.54, 1.807) is 17.4 Å². The summed E-state index contributed by atoms with van der Waals surface area (Å²) >= 11 is 1.62. The highest BCUT2D eigenvalue weighted by molar-refractivity contribution is 7.07. The number of amides is 1. The van der Waals surface area contributed by atoms with Crippen LogP contribution >= 0.6 is 11.3 Å². The highest BCUT2D eigenvalue weighted by atomic mass is 32.1. The van der Waals surface area contributed by atoms with Gasteiger partial charge in [0.2, 0.25) is 5.76 Å². The fourth-order valence-electron chi connectivity index (χ4n) is 2.50.